The van der Waals surface area contributed by atoms with Gasteiger partial charge in [-0.3, -0.25) is 0 Å². The first-order chi connectivity index (χ1) is 14.6. The van der Waals surface area contributed by atoms with E-state index in [4.69, 9.17) is 14.2 Å². The molecule has 30 heavy (non-hydrogen) atoms. The van der Waals surface area contributed by atoms with Gasteiger partial charge in [0.05, 0.1) is 32.5 Å². The second-order valence-electron chi connectivity index (χ2n) is 7.18. The highest BCUT2D eigenvalue weighted by Gasteiger charge is 2.15. The third-order valence-corrected chi connectivity index (χ3v) is 4.83. The Hall–Kier alpha value is -3.11. The van der Waals surface area contributed by atoms with Crippen LogP contribution in [0.2, 0.25) is 0 Å². The lowest BCUT2D eigenvalue weighted by molar-refractivity contribution is 0.0601. The van der Waals surface area contributed by atoms with Gasteiger partial charge in [0.2, 0.25) is 0 Å². The fourth-order valence-electron chi connectivity index (χ4n) is 3.30. The summed E-state index contributed by atoms with van der Waals surface area (Å²) in [5, 5.41) is 0. The number of carbonyl (C=O) groups excluding carboxylic acids is 1. The molecule has 3 rings (SSSR count). The molecule has 0 unspecified atom stereocenters. The van der Waals surface area contributed by atoms with Crippen LogP contribution in [-0.2, 0) is 22.7 Å². The Bertz CT molecular complexity index is 994. The average Bonchev–Trinajstić information content (AvgIpc) is 2.78. The van der Waals surface area contributed by atoms with Gasteiger partial charge in [0.1, 0.15) is 5.75 Å². The zero-order chi connectivity index (χ0) is 21.3. The summed E-state index contributed by atoms with van der Waals surface area (Å²) >= 11 is 0. The van der Waals surface area contributed by atoms with Crippen molar-refractivity contribution in [2.75, 3.05) is 13.7 Å². The first kappa shape index (κ1) is 21.6. The maximum atomic E-state index is 12.3. The molecular weight excluding hydrogens is 376 g/mol. The number of methoxy groups -OCH3 is 1. The number of hydrogen-bond acceptors (Lipinski definition) is 4. The topological polar surface area (TPSA) is 44.8 Å². The van der Waals surface area contributed by atoms with Crippen LogP contribution in [0.25, 0.3) is 11.1 Å². The molecule has 3 aromatic carbocycles. The molecule has 0 bridgehead atoms. The summed E-state index contributed by atoms with van der Waals surface area (Å²) in [5.41, 5.74) is 5.59. The highest BCUT2D eigenvalue weighted by Crippen LogP contribution is 2.29. The predicted octanol–water partition coefficient (Wildman–Crippen LogP) is 5.95. The largest absolute Gasteiger partial charge is 0.494 e. The minimum atomic E-state index is -0.343. The van der Waals surface area contributed by atoms with E-state index in [1.807, 2.05) is 73.7 Å². The smallest absolute Gasteiger partial charge is 0.338 e. The Morgan fingerprint density at radius 1 is 0.867 bits per heavy atom. The van der Waals surface area contributed by atoms with Crippen LogP contribution in [0.3, 0.4) is 0 Å². The summed E-state index contributed by atoms with van der Waals surface area (Å²) in [7, 11) is 1.40. The molecule has 0 N–H and O–H groups in total. The van der Waals surface area contributed by atoms with Gasteiger partial charge in [0.25, 0.3) is 0 Å². The minimum absolute atomic E-state index is 0.343. The Morgan fingerprint density at radius 3 is 2.37 bits per heavy atom. The lowest BCUT2D eigenvalue weighted by Crippen LogP contribution is -2.05. The molecule has 3 aromatic rings. The van der Waals surface area contributed by atoms with Gasteiger partial charge >= 0.3 is 5.97 Å². The van der Waals surface area contributed by atoms with E-state index in [1.165, 1.54) is 7.11 Å². The molecule has 0 fully saturated rings. The Balaban J connectivity index is 1.75. The molecule has 4 nitrogen and oxygen atoms in total. The van der Waals surface area contributed by atoms with Crippen LogP contribution in [-0.4, -0.2) is 19.7 Å². The van der Waals surface area contributed by atoms with E-state index in [0.717, 1.165) is 40.0 Å². The van der Waals surface area contributed by atoms with Crippen LogP contribution in [0.5, 0.6) is 5.75 Å². The van der Waals surface area contributed by atoms with Gasteiger partial charge in [0, 0.05) is 0 Å². The maximum absolute atomic E-state index is 12.3. The summed E-state index contributed by atoms with van der Waals surface area (Å²) in [5.74, 6) is 0.520. The Kier molecular flexibility index (Phi) is 7.63. The van der Waals surface area contributed by atoms with Crippen molar-refractivity contribution in [3.05, 3.63) is 89.0 Å². The van der Waals surface area contributed by atoms with E-state index in [9.17, 15) is 4.79 Å². The number of rotatable bonds is 9. The fourth-order valence-corrected chi connectivity index (χ4v) is 3.30. The Labute approximate surface area is 178 Å². The quantitative estimate of drug-likeness (QED) is 0.413. The SMILES string of the molecule is CCCOc1cccc(COCc2ccc(C(=O)OC)c(-c3ccccc3C)c2)c1. The van der Waals surface area contributed by atoms with E-state index in [0.29, 0.717) is 25.4 Å². The molecule has 0 aromatic heterocycles. The van der Waals surface area contributed by atoms with Crippen molar-refractivity contribution >= 4 is 5.97 Å². The second kappa shape index (κ2) is 10.6. The van der Waals surface area contributed by atoms with Gasteiger partial charge in [-0.2, -0.15) is 0 Å². The van der Waals surface area contributed by atoms with Crippen molar-refractivity contribution in [1.82, 2.24) is 0 Å². The number of benzene rings is 3. The molecule has 0 aliphatic heterocycles. The zero-order valence-corrected chi connectivity index (χ0v) is 17.8. The highest BCUT2D eigenvalue weighted by atomic mass is 16.5. The van der Waals surface area contributed by atoms with Crippen LogP contribution < -0.4 is 4.74 Å². The zero-order valence-electron chi connectivity index (χ0n) is 17.8. The summed E-state index contributed by atoms with van der Waals surface area (Å²) in [6.45, 7) is 5.76. The molecule has 0 aliphatic carbocycles. The minimum Gasteiger partial charge on any atom is -0.494 e. The number of ether oxygens (including phenoxy) is 3. The summed E-state index contributed by atoms with van der Waals surface area (Å²) in [4.78, 5) is 12.3. The van der Waals surface area contributed by atoms with Gasteiger partial charge in [-0.15, -0.1) is 0 Å². The van der Waals surface area contributed by atoms with Crippen molar-refractivity contribution < 1.29 is 19.0 Å². The number of aryl methyl sites for hydroxylation is 1. The number of carbonyl (C=O) groups is 1. The lowest BCUT2D eigenvalue weighted by atomic mass is 9.94. The molecule has 156 valence electrons. The maximum Gasteiger partial charge on any atom is 0.338 e. The van der Waals surface area contributed by atoms with Crippen LogP contribution in [0, 0.1) is 6.92 Å². The van der Waals surface area contributed by atoms with Gasteiger partial charge < -0.3 is 14.2 Å². The average molecular weight is 405 g/mol. The van der Waals surface area contributed by atoms with Gasteiger partial charge in [-0.25, -0.2) is 4.79 Å². The van der Waals surface area contributed by atoms with Crippen molar-refractivity contribution in [3.63, 3.8) is 0 Å². The standard InChI is InChI=1S/C26H28O4/c1-4-14-30-22-10-7-9-20(15-22)17-29-18-21-12-13-24(26(27)28-3)25(16-21)23-11-6-5-8-19(23)2/h5-13,15-16H,4,14,17-18H2,1-3H3. The van der Waals surface area contributed by atoms with Gasteiger partial charge in [0.15, 0.2) is 0 Å². The van der Waals surface area contributed by atoms with Crippen molar-refractivity contribution in [3.8, 4) is 16.9 Å². The molecule has 0 saturated carbocycles. The first-order valence-corrected chi connectivity index (χ1v) is 10.2. The molecule has 4 heteroatoms. The fraction of sp³-hybridized carbons (Fsp3) is 0.269. The number of hydrogen-bond donors (Lipinski definition) is 0. The van der Waals surface area contributed by atoms with E-state index >= 15 is 0 Å². The van der Waals surface area contributed by atoms with Crippen molar-refractivity contribution in [2.45, 2.75) is 33.5 Å². The number of esters is 1. The molecule has 0 saturated heterocycles. The van der Waals surface area contributed by atoms with Gasteiger partial charge in [-0.05, 0) is 65.4 Å². The summed E-state index contributed by atoms with van der Waals surface area (Å²) in [6.07, 6.45) is 0.978. The molecule has 0 aliphatic rings. The third kappa shape index (κ3) is 5.49. The third-order valence-electron chi connectivity index (χ3n) is 4.83. The van der Waals surface area contributed by atoms with Crippen LogP contribution in [0.1, 0.15) is 40.4 Å². The summed E-state index contributed by atoms with van der Waals surface area (Å²) < 4.78 is 16.6. The molecule has 0 heterocycles. The molecular formula is C26H28O4. The monoisotopic (exact) mass is 404 g/mol. The normalized spacial score (nSPS) is 10.6. The second-order valence-corrected chi connectivity index (χ2v) is 7.18. The molecule has 0 radical (unpaired) electrons. The first-order valence-electron chi connectivity index (χ1n) is 10.2. The molecule has 0 spiro atoms. The van der Waals surface area contributed by atoms with E-state index in [-0.39, 0.29) is 5.97 Å². The van der Waals surface area contributed by atoms with Crippen molar-refractivity contribution in [2.24, 2.45) is 0 Å². The van der Waals surface area contributed by atoms with Crippen LogP contribution >= 0.6 is 0 Å². The van der Waals surface area contributed by atoms with Crippen LogP contribution in [0.4, 0.5) is 0 Å². The predicted molar refractivity (Wildman–Crippen MR) is 119 cm³/mol. The van der Waals surface area contributed by atoms with Crippen LogP contribution in [0.15, 0.2) is 66.7 Å². The highest BCUT2D eigenvalue weighted by molar-refractivity contribution is 5.97. The van der Waals surface area contributed by atoms with E-state index in [2.05, 4.69) is 6.92 Å². The van der Waals surface area contributed by atoms with E-state index in [1.54, 1.807) is 0 Å². The lowest BCUT2D eigenvalue weighted by Gasteiger charge is -2.13. The Morgan fingerprint density at radius 2 is 1.63 bits per heavy atom. The van der Waals surface area contributed by atoms with E-state index < -0.39 is 0 Å². The molecule has 0 amide bonds. The molecule has 0 atom stereocenters. The van der Waals surface area contributed by atoms with Gasteiger partial charge in [-0.1, -0.05) is 49.4 Å². The summed E-state index contributed by atoms with van der Waals surface area (Å²) in [6, 6.07) is 21.7. The van der Waals surface area contributed by atoms with Crippen molar-refractivity contribution in [1.29, 1.82) is 0 Å².